The predicted molar refractivity (Wildman–Crippen MR) is 349 cm³/mol. The van der Waals surface area contributed by atoms with E-state index in [0.29, 0.717) is 19.3 Å². The van der Waals surface area contributed by atoms with Gasteiger partial charge in [0.15, 0.2) is 6.10 Å². The normalized spacial score (nSPS) is 12.1. The molecule has 0 spiro atoms. The van der Waals surface area contributed by atoms with E-state index in [9.17, 15) is 14.4 Å². The molecule has 0 saturated carbocycles. The second-order valence-corrected chi connectivity index (χ2v) is 24.9. The van der Waals surface area contributed by atoms with Crippen LogP contribution < -0.4 is 0 Å². The molecule has 0 aliphatic rings. The van der Waals surface area contributed by atoms with E-state index >= 15 is 0 Å². The second-order valence-electron chi connectivity index (χ2n) is 24.9. The molecule has 0 amide bonds. The molecule has 472 valence electrons. The molecule has 0 radical (unpaired) electrons. The van der Waals surface area contributed by atoms with Crippen molar-refractivity contribution >= 4 is 17.9 Å². The number of allylic oxidation sites excluding steroid dienone is 4. The minimum absolute atomic E-state index is 0.0680. The number of ether oxygens (including phenoxy) is 3. The number of rotatable bonds is 68. The van der Waals surface area contributed by atoms with Crippen molar-refractivity contribution in [2.45, 2.75) is 419 Å². The van der Waals surface area contributed by atoms with Gasteiger partial charge in [-0.1, -0.05) is 366 Å². The number of carbonyl (C=O) groups excluding carboxylic acids is 3. The largest absolute Gasteiger partial charge is 0.462 e. The summed E-state index contributed by atoms with van der Waals surface area (Å²) < 4.78 is 17.0. The van der Waals surface area contributed by atoms with Crippen molar-refractivity contribution in [2.75, 3.05) is 13.2 Å². The van der Waals surface area contributed by atoms with Gasteiger partial charge in [-0.25, -0.2) is 0 Å². The first-order chi connectivity index (χ1) is 39.5. The van der Waals surface area contributed by atoms with Crippen LogP contribution in [0.15, 0.2) is 24.3 Å². The number of hydrogen-bond acceptors (Lipinski definition) is 6. The molecule has 0 fully saturated rings. The lowest BCUT2D eigenvalue weighted by Crippen LogP contribution is -2.30. The Morgan fingerprint density at radius 1 is 0.250 bits per heavy atom. The minimum atomic E-state index is -0.773. The van der Waals surface area contributed by atoms with Crippen molar-refractivity contribution in [3.63, 3.8) is 0 Å². The first-order valence-corrected chi connectivity index (χ1v) is 36.3. The highest BCUT2D eigenvalue weighted by Crippen LogP contribution is 2.19. The third kappa shape index (κ3) is 66.7. The topological polar surface area (TPSA) is 78.9 Å². The first-order valence-electron chi connectivity index (χ1n) is 36.3. The lowest BCUT2D eigenvalue weighted by atomic mass is 10.0. The minimum Gasteiger partial charge on any atom is -0.462 e. The third-order valence-corrected chi connectivity index (χ3v) is 16.7. The molecule has 0 N–H and O–H groups in total. The third-order valence-electron chi connectivity index (χ3n) is 16.7. The maximum Gasteiger partial charge on any atom is 0.306 e. The van der Waals surface area contributed by atoms with Gasteiger partial charge < -0.3 is 14.2 Å². The van der Waals surface area contributed by atoms with E-state index in [1.807, 2.05) is 0 Å². The number of hydrogen-bond donors (Lipinski definition) is 0. The van der Waals surface area contributed by atoms with Gasteiger partial charge in [0, 0.05) is 19.3 Å². The zero-order chi connectivity index (χ0) is 57.8. The van der Waals surface area contributed by atoms with Crippen LogP contribution in [0.3, 0.4) is 0 Å². The molecule has 0 aliphatic carbocycles. The molecule has 1 atom stereocenters. The number of carbonyl (C=O) groups is 3. The van der Waals surface area contributed by atoms with Crippen LogP contribution in [0, 0.1) is 0 Å². The lowest BCUT2D eigenvalue weighted by molar-refractivity contribution is -0.167. The van der Waals surface area contributed by atoms with Crippen molar-refractivity contribution in [1.82, 2.24) is 0 Å². The van der Waals surface area contributed by atoms with E-state index in [1.165, 1.54) is 302 Å². The average Bonchev–Trinajstić information content (AvgIpc) is 3.46. The summed E-state index contributed by atoms with van der Waals surface area (Å²) in [4.78, 5) is 38.5. The van der Waals surface area contributed by atoms with Gasteiger partial charge in [0.05, 0.1) is 0 Å². The van der Waals surface area contributed by atoms with Crippen molar-refractivity contribution in [3.8, 4) is 0 Å². The summed E-state index contributed by atoms with van der Waals surface area (Å²) in [5.74, 6) is -0.841. The quantitative estimate of drug-likeness (QED) is 0.0261. The number of esters is 3. The Balaban J connectivity index is 4.21. The molecule has 0 aromatic carbocycles. The van der Waals surface area contributed by atoms with Crippen LogP contribution >= 0.6 is 0 Å². The van der Waals surface area contributed by atoms with Crippen LogP contribution in [-0.2, 0) is 28.6 Å². The Bertz CT molecular complexity index is 1290. The van der Waals surface area contributed by atoms with Gasteiger partial charge in [0.1, 0.15) is 13.2 Å². The van der Waals surface area contributed by atoms with E-state index in [0.717, 1.165) is 70.6 Å². The zero-order valence-corrected chi connectivity index (χ0v) is 54.4. The highest BCUT2D eigenvalue weighted by Gasteiger charge is 2.19. The average molecular weight is 1130 g/mol. The summed E-state index contributed by atoms with van der Waals surface area (Å²) in [5, 5.41) is 0. The molecule has 0 bridgehead atoms. The van der Waals surface area contributed by atoms with Crippen molar-refractivity contribution in [2.24, 2.45) is 0 Å². The number of unbranched alkanes of at least 4 members (excludes halogenated alkanes) is 53. The highest BCUT2D eigenvalue weighted by molar-refractivity contribution is 5.71. The zero-order valence-electron chi connectivity index (χ0n) is 54.4. The second kappa shape index (κ2) is 69.4. The SMILES string of the molecule is CCCCC/C=C\C/C=C\CCCCCCCCCC(=O)OC(COC(=O)CCCCCCCCCCCCCCCCCCC)COC(=O)CCCCCCCCCCCCCCCCCCCCCCCCCCCCCC. The van der Waals surface area contributed by atoms with E-state index in [-0.39, 0.29) is 31.1 Å². The molecular weight excluding hydrogens is 985 g/mol. The molecule has 1 unspecified atom stereocenters. The van der Waals surface area contributed by atoms with E-state index in [1.54, 1.807) is 0 Å². The molecule has 0 saturated heterocycles. The van der Waals surface area contributed by atoms with Crippen LogP contribution in [-0.4, -0.2) is 37.2 Å². The first kappa shape index (κ1) is 77.9. The Labute approximate surface area is 500 Å². The van der Waals surface area contributed by atoms with Crippen LogP contribution in [0.5, 0.6) is 0 Å². The monoisotopic (exact) mass is 1130 g/mol. The maximum absolute atomic E-state index is 12.9. The summed E-state index contributed by atoms with van der Waals surface area (Å²) in [6.45, 7) is 6.70. The van der Waals surface area contributed by atoms with Gasteiger partial charge >= 0.3 is 17.9 Å². The van der Waals surface area contributed by atoms with Gasteiger partial charge in [0.25, 0.3) is 0 Å². The molecule has 0 rings (SSSR count). The molecule has 0 aromatic rings. The van der Waals surface area contributed by atoms with Crippen LogP contribution in [0.1, 0.15) is 412 Å². The van der Waals surface area contributed by atoms with E-state index < -0.39 is 6.10 Å². The Kier molecular flexibility index (Phi) is 67.6. The van der Waals surface area contributed by atoms with Crippen LogP contribution in [0.4, 0.5) is 0 Å². The summed E-state index contributed by atoms with van der Waals surface area (Å²) in [5.41, 5.74) is 0. The van der Waals surface area contributed by atoms with Gasteiger partial charge in [0.2, 0.25) is 0 Å². The smallest absolute Gasteiger partial charge is 0.306 e. The fraction of sp³-hybridized carbons (Fsp3) is 0.905. The molecule has 80 heavy (non-hydrogen) atoms. The maximum atomic E-state index is 12.9. The molecule has 6 nitrogen and oxygen atoms in total. The van der Waals surface area contributed by atoms with Gasteiger partial charge in [-0.2, -0.15) is 0 Å². The lowest BCUT2D eigenvalue weighted by Gasteiger charge is -2.18. The standard InChI is InChI=1S/C74H140O6/c1-4-7-10-13-16-19-22-25-28-31-32-33-34-35-36-37-38-39-40-41-44-46-49-52-55-58-61-64-67-73(76)79-70-71(80-74(77)68-65-62-59-56-53-50-47-43-30-27-24-21-18-15-12-9-6-3)69-78-72(75)66-63-60-57-54-51-48-45-42-29-26-23-20-17-14-11-8-5-2/h18,21,27,30,71H,4-17,19-20,22-26,28-29,31-70H2,1-3H3/b21-18-,30-27-. The predicted octanol–water partition coefficient (Wildman–Crippen LogP) is 25.0. The molecule has 6 heteroatoms. The molecule has 0 aromatic heterocycles. The summed E-state index contributed by atoms with van der Waals surface area (Å²) in [6.07, 6.45) is 85.0. The van der Waals surface area contributed by atoms with Gasteiger partial charge in [-0.3, -0.25) is 14.4 Å². The summed E-state index contributed by atoms with van der Waals surface area (Å²) >= 11 is 0. The van der Waals surface area contributed by atoms with Crippen molar-refractivity contribution < 1.29 is 28.6 Å². The van der Waals surface area contributed by atoms with Gasteiger partial charge in [-0.05, 0) is 51.4 Å². The fourth-order valence-corrected chi connectivity index (χ4v) is 11.2. The Morgan fingerprint density at radius 3 is 0.713 bits per heavy atom. The van der Waals surface area contributed by atoms with Crippen LogP contribution in [0.2, 0.25) is 0 Å². The molecule has 0 aliphatic heterocycles. The fourth-order valence-electron chi connectivity index (χ4n) is 11.2. The molecular formula is C74H140O6. The van der Waals surface area contributed by atoms with Crippen LogP contribution in [0.25, 0.3) is 0 Å². The Morgan fingerprint density at radius 2 is 0.450 bits per heavy atom. The van der Waals surface area contributed by atoms with Gasteiger partial charge in [-0.15, -0.1) is 0 Å². The Hall–Kier alpha value is -2.11. The van der Waals surface area contributed by atoms with Crippen molar-refractivity contribution in [3.05, 3.63) is 24.3 Å². The highest BCUT2D eigenvalue weighted by atomic mass is 16.6. The summed E-state index contributed by atoms with van der Waals surface area (Å²) in [6, 6.07) is 0. The summed E-state index contributed by atoms with van der Waals surface area (Å²) in [7, 11) is 0. The molecule has 0 heterocycles. The van der Waals surface area contributed by atoms with E-state index in [2.05, 4.69) is 45.1 Å². The van der Waals surface area contributed by atoms with E-state index in [4.69, 9.17) is 14.2 Å². The van der Waals surface area contributed by atoms with Crippen molar-refractivity contribution in [1.29, 1.82) is 0 Å².